The zero-order valence-corrected chi connectivity index (χ0v) is 13.4. The van der Waals surface area contributed by atoms with Crippen LogP contribution in [0.3, 0.4) is 0 Å². The number of ether oxygens (including phenoxy) is 1. The molecule has 2 aliphatic rings. The Hall–Kier alpha value is -1.66. The predicted molar refractivity (Wildman–Crippen MR) is 88.6 cm³/mol. The third-order valence-corrected chi connectivity index (χ3v) is 5.45. The highest BCUT2D eigenvalue weighted by atomic mass is 32.1. The van der Waals surface area contributed by atoms with Gasteiger partial charge in [0, 0.05) is 24.7 Å². The van der Waals surface area contributed by atoms with Gasteiger partial charge in [0.2, 0.25) is 5.91 Å². The van der Waals surface area contributed by atoms with E-state index in [0.717, 1.165) is 53.8 Å². The number of aromatic nitrogens is 1. The smallest absolute Gasteiger partial charge is 0.227 e. The summed E-state index contributed by atoms with van der Waals surface area (Å²) in [5.41, 5.74) is 1.86. The van der Waals surface area contributed by atoms with Crippen molar-refractivity contribution in [3.8, 4) is 0 Å². The SMILES string of the molecule is C[C@@H]1C[C@H]1C(=O)Nc1ccc2nc(N3CCOCC3)sc2c1. The Kier molecular flexibility index (Phi) is 3.50. The van der Waals surface area contributed by atoms with Crippen LogP contribution in [0.5, 0.6) is 0 Å². The number of benzene rings is 1. The quantitative estimate of drug-likeness (QED) is 0.946. The molecule has 1 aliphatic heterocycles. The van der Waals surface area contributed by atoms with Gasteiger partial charge in [-0.3, -0.25) is 4.79 Å². The van der Waals surface area contributed by atoms with Gasteiger partial charge in [0.25, 0.3) is 0 Å². The van der Waals surface area contributed by atoms with E-state index in [1.165, 1.54) is 0 Å². The molecule has 2 aromatic rings. The summed E-state index contributed by atoms with van der Waals surface area (Å²) in [4.78, 5) is 19.0. The Morgan fingerprint density at radius 2 is 2.18 bits per heavy atom. The van der Waals surface area contributed by atoms with Crippen LogP contribution in [0.25, 0.3) is 10.2 Å². The molecule has 116 valence electrons. The Balaban J connectivity index is 1.54. The average molecular weight is 317 g/mol. The highest BCUT2D eigenvalue weighted by Gasteiger charge is 2.39. The summed E-state index contributed by atoms with van der Waals surface area (Å²) in [5, 5.41) is 4.06. The molecule has 1 aliphatic carbocycles. The maximum absolute atomic E-state index is 12.0. The maximum atomic E-state index is 12.0. The van der Waals surface area contributed by atoms with Crippen molar-refractivity contribution in [2.75, 3.05) is 36.5 Å². The fourth-order valence-electron chi connectivity index (χ4n) is 2.80. The Morgan fingerprint density at radius 1 is 1.41 bits per heavy atom. The molecule has 0 bridgehead atoms. The summed E-state index contributed by atoms with van der Waals surface area (Å²) in [5.74, 6) is 0.867. The van der Waals surface area contributed by atoms with E-state index in [1.807, 2.05) is 18.2 Å². The molecule has 2 heterocycles. The number of carbonyl (C=O) groups excluding carboxylic acids is 1. The van der Waals surface area contributed by atoms with Gasteiger partial charge in [-0.2, -0.15) is 0 Å². The standard InChI is InChI=1S/C16H19N3O2S/c1-10-8-12(10)15(20)17-11-2-3-13-14(9-11)22-16(18-13)19-4-6-21-7-5-19/h2-3,9-10,12H,4-8H2,1H3,(H,17,20)/t10-,12-/m1/s1. The Labute approximate surface area is 133 Å². The first-order chi connectivity index (χ1) is 10.7. The number of amides is 1. The summed E-state index contributed by atoms with van der Waals surface area (Å²) in [6, 6.07) is 5.96. The molecule has 1 N–H and O–H groups in total. The molecule has 1 aromatic heterocycles. The third-order valence-electron chi connectivity index (χ3n) is 4.37. The zero-order chi connectivity index (χ0) is 15.1. The molecule has 0 radical (unpaired) electrons. The van der Waals surface area contributed by atoms with Crippen LogP contribution < -0.4 is 10.2 Å². The topological polar surface area (TPSA) is 54.5 Å². The molecular formula is C16H19N3O2S. The van der Waals surface area contributed by atoms with Crippen LogP contribution in [-0.2, 0) is 9.53 Å². The molecule has 1 aromatic carbocycles. The molecule has 6 heteroatoms. The van der Waals surface area contributed by atoms with Gasteiger partial charge < -0.3 is 15.0 Å². The van der Waals surface area contributed by atoms with Gasteiger partial charge in [-0.15, -0.1) is 0 Å². The van der Waals surface area contributed by atoms with E-state index in [1.54, 1.807) is 11.3 Å². The van der Waals surface area contributed by atoms with E-state index in [4.69, 9.17) is 9.72 Å². The van der Waals surface area contributed by atoms with Crippen LogP contribution in [0.1, 0.15) is 13.3 Å². The average Bonchev–Trinajstić information content (AvgIpc) is 3.12. The van der Waals surface area contributed by atoms with Gasteiger partial charge in [-0.25, -0.2) is 4.98 Å². The van der Waals surface area contributed by atoms with Gasteiger partial charge in [-0.1, -0.05) is 18.3 Å². The number of thiazole rings is 1. The van der Waals surface area contributed by atoms with Crippen molar-refractivity contribution in [2.24, 2.45) is 11.8 Å². The largest absolute Gasteiger partial charge is 0.378 e. The molecule has 22 heavy (non-hydrogen) atoms. The van der Waals surface area contributed by atoms with Crippen LogP contribution in [-0.4, -0.2) is 37.2 Å². The van der Waals surface area contributed by atoms with Crippen molar-refractivity contribution in [1.29, 1.82) is 0 Å². The van der Waals surface area contributed by atoms with Gasteiger partial charge in [-0.05, 0) is 30.5 Å². The fraction of sp³-hybridized carbons (Fsp3) is 0.500. The van der Waals surface area contributed by atoms with E-state index < -0.39 is 0 Å². The monoisotopic (exact) mass is 317 g/mol. The number of hydrogen-bond donors (Lipinski definition) is 1. The number of morpholine rings is 1. The highest BCUT2D eigenvalue weighted by molar-refractivity contribution is 7.22. The normalized spacial score (nSPS) is 24.5. The number of rotatable bonds is 3. The van der Waals surface area contributed by atoms with Crippen LogP contribution in [0.2, 0.25) is 0 Å². The Morgan fingerprint density at radius 3 is 2.91 bits per heavy atom. The molecule has 2 fully saturated rings. The van der Waals surface area contributed by atoms with E-state index in [0.29, 0.717) is 5.92 Å². The first-order valence-electron chi connectivity index (χ1n) is 7.75. The van der Waals surface area contributed by atoms with E-state index in [2.05, 4.69) is 17.1 Å². The maximum Gasteiger partial charge on any atom is 0.227 e. The van der Waals surface area contributed by atoms with Crippen LogP contribution in [0.15, 0.2) is 18.2 Å². The van der Waals surface area contributed by atoms with Crippen LogP contribution >= 0.6 is 11.3 Å². The number of carbonyl (C=O) groups is 1. The van der Waals surface area contributed by atoms with Crippen molar-refractivity contribution in [1.82, 2.24) is 4.98 Å². The minimum Gasteiger partial charge on any atom is -0.378 e. The van der Waals surface area contributed by atoms with Gasteiger partial charge in [0.15, 0.2) is 5.13 Å². The number of nitrogens with one attached hydrogen (secondary N) is 1. The highest BCUT2D eigenvalue weighted by Crippen LogP contribution is 2.39. The molecule has 5 nitrogen and oxygen atoms in total. The zero-order valence-electron chi connectivity index (χ0n) is 12.5. The third kappa shape index (κ3) is 2.68. The summed E-state index contributed by atoms with van der Waals surface area (Å²) < 4.78 is 6.50. The summed E-state index contributed by atoms with van der Waals surface area (Å²) in [7, 11) is 0. The fourth-order valence-corrected chi connectivity index (χ4v) is 3.86. The minimum atomic E-state index is 0.143. The van der Waals surface area contributed by atoms with Crippen molar-refractivity contribution in [2.45, 2.75) is 13.3 Å². The summed E-state index contributed by atoms with van der Waals surface area (Å²) >= 11 is 1.68. The van der Waals surface area contributed by atoms with E-state index in [-0.39, 0.29) is 11.8 Å². The molecule has 0 spiro atoms. The van der Waals surface area contributed by atoms with Crippen molar-refractivity contribution in [3.05, 3.63) is 18.2 Å². The second-order valence-electron chi connectivity index (χ2n) is 6.09. The lowest BCUT2D eigenvalue weighted by atomic mass is 10.2. The Bertz CT molecular complexity index is 708. The predicted octanol–water partition coefficient (Wildman–Crippen LogP) is 2.73. The second kappa shape index (κ2) is 5.52. The lowest BCUT2D eigenvalue weighted by Crippen LogP contribution is -2.36. The number of fused-ring (bicyclic) bond motifs is 1. The van der Waals surface area contributed by atoms with Gasteiger partial charge >= 0.3 is 0 Å². The molecular weight excluding hydrogens is 298 g/mol. The first-order valence-corrected chi connectivity index (χ1v) is 8.56. The van der Waals surface area contributed by atoms with Crippen molar-refractivity contribution in [3.63, 3.8) is 0 Å². The first kappa shape index (κ1) is 14.0. The summed E-state index contributed by atoms with van der Waals surface area (Å²) in [6.45, 7) is 5.42. The van der Waals surface area contributed by atoms with Crippen molar-refractivity contribution >= 4 is 38.3 Å². The van der Waals surface area contributed by atoms with Crippen molar-refractivity contribution < 1.29 is 9.53 Å². The van der Waals surface area contributed by atoms with Gasteiger partial charge in [0.1, 0.15) is 0 Å². The number of anilines is 2. The molecule has 1 amide bonds. The van der Waals surface area contributed by atoms with Crippen LogP contribution in [0.4, 0.5) is 10.8 Å². The molecule has 0 unspecified atom stereocenters. The molecule has 1 saturated carbocycles. The second-order valence-corrected chi connectivity index (χ2v) is 7.10. The number of hydrogen-bond acceptors (Lipinski definition) is 5. The lowest BCUT2D eigenvalue weighted by molar-refractivity contribution is -0.117. The minimum absolute atomic E-state index is 0.143. The van der Waals surface area contributed by atoms with E-state index >= 15 is 0 Å². The molecule has 4 rings (SSSR count). The van der Waals surface area contributed by atoms with E-state index in [9.17, 15) is 4.79 Å². The summed E-state index contributed by atoms with van der Waals surface area (Å²) in [6.07, 6.45) is 1.01. The number of nitrogens with zero attached hydrogens (tertiary/aromatic N) is 2. The lowest BCUT2D eigenvalue weighted by Gasteiger charge is -2.25. The van der Waals surface area contributed by atoms with Crippen LogP contribution in [0, 0.1) is 11.8 Å². The molecule has 1 saturated heterocycles. The molecule has 2 atom stereocenters. The van der Waals surface area contributed by atoms with Gasteiger partial charge in [0.05, 0.1) is 23.4 Å².